The van der Waals surface area contributed by atoms with Crippen LogP contribution in [0.25, 0.3) is 10.9 Å². The number of aromatic nitrogens is 2. The molecule has 0 bridgehead atoms. The fourth-order valence-corrected chi connectivity index (χ4v) is 2.04. The highest BCUT2D eigenvalue weighted by Crippen LogP contribution is 2.25. The first-order valence-corrected chi connectivity index (χ1v) is 6.42. The molecule has 2 N–H and O–H groups in total. The van der Waals surface area contributed by atoms with E-state index >= 15 is 0 Å². The minimum Gasteiger partial charge on any atom is -0.438 e. The second-order valence-electron chi connectivity index (χ2n) is 4.18. The fraction of sp³-hybridized carbons (Fsp3) is 0. The minimum atomic E-state index is 0.256. The van der Waals surface area contributed by atoms with Gasteiger partial charge < -0.3 is 10.5 Å². The lowest BCUT2D eigenvalue weighted by molar-refractivity contribution is 0.462. The van der Waals surface area contributed by atoms with Gasteiger partial charge in [0.2, 0.25) is 5.88 Å². The zero-order valence-corrected chi connectivity index (χ0v) is 11.3. The van der Waals surface area contributed by atoms with E-state index in [0.29, 0.717) is 17.2 Å². The molecule has 0 atom stereocenters. The molecule has 0 aliphatic carbocycles. The Morgan fingerprint density at radius 3 is 2.70 bits per heavy atom. The van der Waals surface area contributed by atoms with Gasteiger partial charge in [0.05, 0.1) is 11.1 Å². The van der Waals surface area contributed by atoms with E-state index in [1.54, 1.807) is 24.5 Å². The number of pyridine rings is 2. The second-order valence-corrected chi connectivity index (χ2v) is 4.62. The molecule has 0 saturated carbocycles. The Morgan fingerprint density at radius 1 is 1.05 bits per heavy atom. The summed E-state index contributed by atoms with van der Waals surface area (Å²) in [4.78, 5) is 8.71. The number of rotatable bonds is 3. The third-order valence-electron chi connectivity index (χ3n) is 2.83. The van der Waals surface area contributed by atoms with E-state index in [2.05, 4.69) is 9.97 Å². The van der Waals surface area contributed by atoms with Crippen LogP contribution in [0.15, 0.2) is 54.9 Å². The summed E-state index contributed by atoms with van der Waals surface area (Å²) in [5.74, 6) is 1.04. The SMILES string of the molecule is NC(=S)c1cccnc1Oc1ccc2cccnc2c1. The van der Waals surface area contributed by atoms with Crippen molar-refractivity contribution in [1.82, 2.24) is 9.97 Å². The molecule has 0 aliphatic heterocycles. The van der Waals surface area contributed by atoms with E-state index < -0.39 is 0 Å². The Balaban J connectivity index is 1.99. The first-order chi connectivity index (χ1) is 9.74. The Kier molecular flexibility index (Phi) is 3.26. The van der Waals surface area contributed by atoms with Crippen LogP contribution in [-0.4, -0.2) is 15.0 Å². The van der Waals surface area contributed by atoms with Crippen molar-refractivity contribution in [2.45, 2.75) is 0 Å². The van der Waals surface area contributed by atoms with E-state index in [0.717, 1.165) is 10.9 Å². The van der Waals surface area contributed by atoms with Crippen LogP contribution in [0.2, 0.25) is 0 Å². The molecule has 1 aromatic carbocycles. The zero-order chi connectivity index (χ0) is 13.9. The Bertz CT molecular complexity index is 789. The van der Waals surface area contributed by atoms with Gasteiger partial charge >= 0.3 is 0 Å². The lowest BCUT2D eigenvalue weighted by atomic mass is 10.2. The summed E-state index contributed by atoms with van der Waals surface area (Å²) in [6.45, 7) is 0. The maximum atomic E-state index is 5.76. The van der Waals surface area contributed by atoms with E-state index in [-0.39, 0.29) is 4.99 Å². The lowest BCUT2D eigenvalue weighted by Gasteiger charge is -2.09. The number of fused-ring (bicyclic) bond motifs is 1. The largest absolute Gasteiger partial charge is 0.438 e. The summed E-state index contributed by atoms with van der Waals surface area (Å²) in [7, 11) is 0. The van der Waals surface area contributed by atoms with Gasteiger partial charge in [-0.15, -0.1) is 0 Å². The van der Waals surface area contributed by atoms with Crippen molar-refractivity contribution in [3.05, 3.63) is 60.4 Å². The molecule has 3 rings (SSSR count). The zero-order valence-electron chi connectivity index (χ0n) is 10.5. The molecular formula is C15H11N3OS. The number of hydrogen-bond donors (Lipinski definition) is 1. The van der Waals surface area contributed by atoms with Gasteiger partial charge in [-0.05, 0) is 30.3 Å². The van der Waals surface area contributed by atoms with Gasteiger partial charge in [0.15, 0.2) is 0 Å². The summed E-state index contributed by atoms with van der Waals surface area (Å²) in [5.41, 5.74) is 7.13. The van der Waals surface area contributed by atoms with Crippen LogP contribution in [0.5, 0.6) is 11.6 Å². The van der Waals surface area contributed by atoms with Gasteiger partial charge in [-0.2, -0.15) is 0 Å². The van der Waals surface area contributed by atoms with Crippen molar-refractivity contribution in [2.75, 3.05) is 0 Å². The monoisotopic (exact) mass is 281 g/mol. The number of thiocarbonyl (C=S) groups is 1. The number of hydrogen-bond acceptors (Lipinski definition) is 4. The lowest BCUT2D eigenvalue weighted by Crippen LogP contribution is -2.11. The minimum absolute atomic E-state index is 0.256. The molecule has 0 amide bonds. The molecule has 3 aromatic rings. The van der Waals surface area contributed by atoms with Gasteiger partial charge in [-0.25, -0.2) is 4.98 Å². The molecule has 0 radical (unpaired) electrons. The molecule has 2 heterocycles. The van der Waals surface area contributed by atoms with E-state index in [4.69, 9.17) is 22.7 Å². The first kappa shape index (κ1) is 12.5. The van der Waals surface area contributed by atoms with Crippen LogP contribution >= 0.6 is 12.2 Å². The summed E-state index contributed by atoms with van der Waals surface area (Å²) >= 11 is 4.99. The molecule has 0 saturated heterocycles. The van der Waals surface area contributed by atoms with E-state index in [1.165, 1.54) is 0 Å². The highest BCUT2D eigenvalue weighted by atomic mass is 32.1. The number of nitrogens with two attached hydrogens (primary N) is 1. The number of benzene rings is 1. The molecule has 20 heavy (non-hydrogen) atoms. The molecular weight excluding hydrogens is 270 g/mol. The van der Waals surface area contributed by atoms with Crippen LogP contribution in [0.4, 0.5) is 0 Å². The molecule has 98 valence electrons. The molecule has 0 unspecified atom stereocenters. The first-order valence-electron chi connectivity index (χ1n) is 6.01. The Morgan fingerprint density at radius 2 is 1.85 bits per heavy atom. The van der Waals surface area contributed by atoms with Gasteiger partial charge in [-0.1, -0.05) is 18.3 Å². The van der Waals surface area contributed by atoms with Gasteiger partial charge in [0, 0.05) is 23.8 Å². The third-order valence-corrected chi connectivity index (χ3v) is 3.05. The summed E-state index contributed by atoms with van der Waals surface area (Å²) < 4.78 is 5.76. The van der Waals surface area contributed by atoms with E-state index in [9.17, 15) is 0 Å². The maximum Gasteiger partial charge on any atom is 0.229 e. The van der Waals surface area contributed by atoms with Gasteiger partial charge in [-0.3, -0.25) is 4.98 Å². The van der Waals surface area contributed by atoms with Crippen molar-refractivity contribution in [3.8, 4) is 11.6 Å². The van der Waals surface area contributed by atoms with Crippen molar-refractivity contribution in [1.29, 1.82) is 0 Å². The third kappa shape index (κ3) is 2.44. The molecule has 0 spiro atoms. The average Bonchev–Trinajstić information content (AvgIpc) is 2.47. The topological polar surface area (TPSA) is 61.0 Å². The summed E-state index contributed by atoms with van der Waals surface area (Å²) in [6, 6.07) is 13.1. The highest BCUT2D eigenvalue weighted by molar-refractivity contribution is 7.80. The molecule has 2 aromatic heterocycles. The average molecular weight is 281 g/mol. The molecule has 0 fully saturated rings. The number of ether oxygens (including phenoxy) is 1. The smallest absolute Gasteiger partial charge is 0.229 e. The normalized spacial score (nSPS) is 10.4. The van der Waals surface area contributed by atoms with Crippen molar-refractivity contribution in [2.24, 2.45) is 5.73 Å². The van der Waals surface area contributed by atoms with Crippen LogP contribution in [0.1, 0.15) is 5.56 Å². The predicted molar refractivity (Wildman–Crippen MR) is 81.9 cm³/mol. The van der Waals surface area contributed by atoms with Crippen LogP contribution in [0, 0.1) is 0 Å². The second kappa shape index (κ2) is 5.22. The van der Waals surface area contributed by atoms with Crippen LogP contribution in [-0.2, 0) is 0 Å². The Hall–Kier alpha value is -2.53. The molecule has 4 nitrogen and oxygen atoms in total. The molecule has 5 heteroatoms. The van der Waals surface area contributed by atoms with Crippen molar-refractivity contribution < 1.29 is 4.74 Å². The van der Waals surface area contributed by atoms with Crippen LogP contribution < -0.4 is 10.5 Å². The quantitative estimate of drug-likeness (QED) is 0.748. The van der Waals surface area contributed by atoms with Crippen LogP contribution in [0.3, 0.4) is 0 Å². The van der Waals surface area contributed by atoms with Gasteiger partial charge in [0.25, 0.3) is 0 Å². The standard InChI is InChI=1S/C15H11N3OS/c16-14(20)12-4-2-8-18-15(12)19-11-6-5-10-3-1-7-17-13(10)9-11/h1-9H,(H2,16,20). The van der Waals surface area contributed by atoms with E-state index in [1.807, 2.05) is 30.3 Å². The van der Waals surface area contributed by atoms with Crippen molar-refractivity contribution >= 4 is 28.1 Å². The van der Waals surface area contributed by atoms with Gasteiger partial charge in [0.1, 0.15) is 10.7 Å². The number of nitrogens with zero attached hydrogens (tertiary/aromatic N) is 2. The summed E-state index contributed by atoms with van der Waals surface area (Å²) in [6.07, 6.45) is 3.38. The fourth-order valence-electron chi connectivity index (χ4n) is 1.88. The Labute approximate surface area is 121 Å². The summed E-state index contributed by atoms with van der Waals surface area (Å²) in [5, 5.41) is 1.05. The predicted octanol–water partition coefficient (Wildman–Crippen LogP) is 3.06. The maximum absolute atomic E-state index is 5.76. The van der Waals surface area contributed by atoms with Crippen molar-refractivity contribution in [3.63, 3.8) is 0 Å². The molecule has 0 aliphatic rings. The highest BCUT2D eigenvalue weighted by Gasteiger charge is 2.08.